The van der Waals surface area contributed by atoms with Crippen molar-refractivity contribution < 1.29 is 27.5 Å². The number of carbonyl (C=O) groups is 2. The van der Waals surface area contributed by atoms with E-state index < -0.39 is 18.9 Å². The number of hydrogen-bond donors (Lipinski definition) is 2. The van der Waals surface area contributed by atoms with E-state index in [1.807, 2.05) is 22.8 Å². The molecule has 0 aliphatic heterocycles. The van der Waals surface area contributed by atoms with Crippen molar-refractivity contribution in [2.24, 2.45) is 0 Å². The zero-order valence-corrected chi connectivity index (χ0v) is 16.8. The minimum absolute atomic E-state index is 0.0961. The van der Waals surface area contributed by atoms with Crippen LogP contribution in [0.25, 0.3) is 5.69 Å². The molecule has 0 bridgehead atoms. The Morgan fingerprint density at radius 2 is 2.07 bits per heavy atom. The number of anilines is 1. The average Bonchev–Trinajstić information content (AvgIpc) is 3.42. The normalized spacial score (nSPS) is 13.7. The van der Waals surface area contributed by atoms with Crippen LogP contribution in [-0.4, -0.2) is 51.8 Å². The predicted molar refractivity (Wildman–Crippen MR) is 104 cm³/mol. The van der Waals surface area contributed by atoms with E-state index in [4.69, 9.17) is 0 Å². The quantitative estimate of drug-likeness (QED) is 0.479. The van der Waals surface area contributed by atoms with Crippen LogP contribution in [0.5, 0.6) is 0 Å². The number of rotatable bonds is 8. The maximum Gasteiger partial charge on any atom is 0.422 e. The van der Waals surface area contributed by atoms with Crippen LogP contribution in [0.15, 0.2) is 29.4 Å². The second-order valence-corrected chi connectivity index (χ2v) is 7.71. The zero-order valence-electron chi connectivity index (χ0n) is 16.0. The van der Waals surface area contributed by atoms with Gasteiger partial charge in [0.1, 0.15) is 5.82 Å². The molecular formula is C18H20F3N5O3S. The molecule has 0 radical (unpaired) electrons. The van der Waals surface area contributed by atoms with Gasteiger partial charge < -0.3 is 15.4 Å². The molecule has 0 spiro atoms. The van der Waals surface area contributed by atoms with Crippen LogP contribution >= 0.6 is 11.8 Å². The van der Waals surface area contributed by atoms with Gasteiger partial charge in [-0.2, -0.15) is 13.2 Å². The van der Waals surface area contributed by atoms with E-state index in [0.29, 0.717) is 22.5 Å². The van der Waals surface area contributed by atoms with Crippen LogP contribution in [0, 0.1) is 0 Å². The molecule has 1 fully saturated rings. The third-order valence-corrected chi connectivity index (χ3v) is 4.93. The summed E-state index contributed by atoms with van der Waals surface area (Å²) in [5.41, 5.74) is 1.42. The highest BCUT2D eigenvalue weighted by Gasteiger charge is 2.31. The first kappa shape index (κ1) is 21.9. The lowest BCUT2D eigenvalue weighted by molar-refractivity contribution is -0.160. The molecule has 1 aliphatic carbocycles. The van der Waals surface area contributed by atoms with Crippen LogP contribution in [0.2, 0.25) is 0 Å². The van der Waals surface area contributed by atoms with Crippen LogP contribution in [0.3, 0.4) is 0 Å². The van der Waals surface area contributed by atoms with Crippen LogP contribution in [0.4, 0.5) is 23.7 Å². The highest BCUT2D eigenvalue weighted by atomic mass is 32.2. The van der Waals surface area contributed by atoms with Crippen molar-refractivity contribution in [1.82, 2.24) is 20.1 Å². The van der Waals surface area contributed by atoms with Gasteiger partial charge in [-0.05, 0) is 31.0 Å². The number of nitrogens with zero attached hydrogens (tertiary/aromatic N) is 3. The number of halogens is 3. The number of thioether (sulfide) groups is 1. The maximum absolute atomic E-state index is 12.1. The molecule has 162 valence electrons. The van der Waals surface area contributed by atoms with E-state index in [9.17, 15) is 22.8 Å². The number of nitrogens with one attached hydrogen (secondary N) is 2. The largest absolute Gasteiger partial charge is 0.440 e. The summed E-state index contributed by atoms with van der Waals surface area (Å²) in [7, 11) is 0. The Bertz CT molecular complexity index is 915. The van der Waals surface area contributed by atoms with E-state index in [1.54, 1.807) is 6.07 Å². The van der Waals surface area contributed by atoms with Gasteiger partial charge in [0.2, 0.25) is 5.91 Å². The van der Waals surface area contributed by atoms with Crippen molar-refractivity contribution in [3.63, 3.8) is 0 Å². The fraction of sp³-hybridized carbons (Fsp3) is 0.444. The third-order valence-electron chi connectivity index (χ3n) is 4.00. The van der Waals surface area contributed by atoms with Crippen molar-refractivity contribution in [3.05, 3.63) is 30.1 Å². The van der Waals surface area contributed by atoms with Crippen molar-refractivity contribution in [2.75, 3.05) is 24.2 Å². The summed E-state index contributed by atoms with van der Waals surface area (Å²) >= 11 is 1.30. The summed E-state index contributed by atoms with van der Waals surface area (Å²) in [6.07, 6.45) is -3.66. The smallest absolute Gasteiger partial charge is 0.422 e. The lowest BCUT2D eigenvalue weighted by Crippen LogP contribution is -2.30. The van der Waals surface area contributed by atoms with Gasteiger partial charge in [0.15, 0.2) is 11.8 Å². The first-order valence-corrected chi connectivity index (χ1v) is 10.1. The number of hydrogen-bond acceptors (Lipinski definition) is 6. The molecule has 2 aromatic rings. The standard InChI is InChI=1S/C18H20F3N5O3S/c1-11(27)23-13-3-2-4-14(9-13)26-15(12-5-6-12)24-25-16(26)30-8-7-22-17(28)29-10-18(19,20)21/h2-4,9,12H,5-8,10H2,1H3,(H,22,28)(H,23,27). The molecule has 1 aromatic heterocycles. The molecule has 0 unspecified atom stereocenters. The molecule has 1 heterocycles. The van der Waals surface area contributed by atoms with Gasteiger partial charge in [0, 0.05) is 30.8 Å². The Morgan fingerprint density at radius 3 is 2.73 bits per heavy atom. The van der Waals surface area contributed by atoms with Gasteiger partial charge in [-0.15, -0.1) is 10.2 Å². The topological polar surface area (TPSA) is 98.1 Å². The molecular weight excluding hydrogens is 423 g/mol. The molecule has 8 nitrogen and oxygen atoms in total. The summed E-state index contributed by atoms with van der Waals surface area (Å²) in [5.74, 6) is 1.30. The van der Waals surface area contributed by atoms with Crippen LogP contribution < -0.4 is 10.6 Å². The number of carbonyl (C=O) groups excluding carboxylic acids is 2. The molecule has 3 rings (SSSR count). The van der Waals surface area contributed by atoms with E-state index in [2.05, 4.69) is 25.6 Å². The first-order valence-electron chi connectivity index (χ1n) is 9.16. The van der Waals surface area contributed by atoms with Crippen molar-refractivity contribution in [1.29, 1.82) is 0 Å². The Morgan fingerprint density at radius 1 is 1.30 bits per heavy atom. The van der Waals surface area contributed by atoms with Gasteiger partial charge in [0.05, 0.1) is 5.69 Å². The summed E-state index contributed by atoms with van der Waals surface area (Å²) in [6.45, 7) is -0.107. The number of alkyl carbamates (subject to hydrolysis) is 1. The maximum atomic E-state index is 12.1. The summed E-state index contributed by atoms with van der Waals surface area (Å²) in [5, 5.41) is 14.1. The predicted octanol–water partition coefficient (Wildman–Crippen LogP) is 3.48. The molecule has 2 amide bonds. The molecule has 1 saturated carbocycles. The molecule has 1 aliphatic rings. The van der Waals surface area contributed by atoms with Gasteiger partial charge in [-0.1, -0.05) is 17.8 Å². The SMILES string of the molecule is CC(=O)Nc1cccc(-n2c(SCCNC(=O)OCC(F)(F)F)nnc2C2CC2)c1. The number of ether oxygens (including phenoxy) is 1. The third kappa shape index (κ3) is 6.37. The minimum Gasteiger partial charge on any atom is -0.440 e. The van der Waals surface area contributed by atoms with E-state index in [1.165, 1.54) is 18.7 Å². The van der Waals surface area contributed by atoms with Gasteiger partial charge in [0.25, 0.3) is 0 Å². The molecule has 2 N–H and O–H groups in total. The molecule has 30 heavy (non-hydrogen) atoms. The Labute approximate surface area is 174 Å². The van der Waals surface area contributed by atoms with E-state index in [0.717, 1.165) is 24.4 Å². The van der Waals surface area contributed by atoms with Crippen molar-refractivity contribution in [3.8, 4) is 5.69 Å². The zero-order chi connectivity index (χ0) is 21.7. The van der Waals surface area contributed by atoms with E-state index >= 15 is 0 Å². The number of benzene rings is 1. The van der Waals surface area contributed by atoms with Crippen LogP contribution in [-0.2, 0) is 9.53 Å². The van der Waals surface area contributed by atoms with Gasteiger partial charge in [-0.3, -0.25) is 9.36 Å². The summed E-state index contributed by atoms with van der Waals surface area (Å²) in [4.78, 5) is 22.6. The minimum atomic E-state index is -4.56. The number of aromatic nitrogens is 3. The Kier molecular flexibility index (Phi) is 6.85. The van der Waals surface area contributed by atoms with E-state index in [-0.39, 0.29) is 12.5 Å². The fourth-order valence-corrected chi connectivity index (χ4v) is 3.46. The van der Waals surface area contributed by atoms with Gasteiger partial charge in [-0.25, -0.2) is 4.79 Å². The lowest BCUT2D eigenvalue weighted by Gasteiger charge is -2.12. The molecule has 0 atom stereocenters. The Hall–Kier alpha value is -2.76. The second kappa shape index (κ2) is 9.37. The Balaban J connectivity index is 1.64. The lowest BCUT2D eigenvalue weighted by atomic mass is 10.2. The van der Waals surface area contributed by atoms with Crippen molar-refractivity contribution in [2.45, 2.75) is 37.0 Å². The van der Waals surface area contributed by atoms with Crippen molar-refractivity contribution >= 4 is 29.4 Å². The molecule has 1 aromatic carbocycles. The number of amides is 2. The summed E-state index contributed by atoms with van der Waals surface area (Å²) < 4.78 is 42.1. The highest BCUT2D eigenvalue weighted by molar-refractivity contribution is 7.99. The summed E-state index contributed by atoms with van der Waals surface area (Å²) in [6, 6.07) is 7.27. The van der Waals surface area contributed by atoms with Gasteiger partial charge >= 0.3 is 12.3 Å². The molecule has 12 heteroatoms. The first-order chi connectivity index (χ1) is 14.2. The molecule has 0 saturated heterocycles. The fourth-order valence-electron chi connectivity index (χ4n) is 2.64. The average molecular weight is 443 g/mol. The highest BCUT2D eigenvalue weighted by Crippen LogP contribution is 2.41. The second-order valence-electron chi connectivity index (χ2n) is 6.65. The monoisotopic (exact) mass is 443 g/mol. The van der Waals surface area contributed by atoms with Crippen LogP contribution in [0.1, 0.15) is 31.5 Å². The number of alkyl halides is 3.